The molecule has 11 aromatic rings. The van der Waals surface area contributed by atoms with Gasteiger partial charge in [-0.25, -0.2) is 0 Å². The SMILES string of the molecule is Cc1cc2c3c(c1)N(c1ccc(C(C)(C)C)cc1)c1c(sc4c1-c1ccccc1C41c4ccccc4-c4ccccc41)B3c1cc3c(cc1N2c1ccc(C(C)(C)C)cc1)C1(c2ccccc2-c2ccccc21)c1ccccc1-3. The van der Waals surface area contributed by atoms with Crippen LogP contribution in [0.15, 0.2) is 218 Å². The van der Waals surface area contributed by atoms with Gasteiger partial charge in [-0.15, -0.1) is 11.3 Å². The van der Waals surface area contributed by atoms with Crippen molar-refractivity contribution in [3.05, 3.63) is 279 Å². The molecule has 6 aliphatic rings. The molecule has 79 heavy (non-hydrogen) atoms. The number of hydrogen-bond donors (Lipinski definition) is 0. The number of nitrogens with zero attached hydrogens (tertiary/aromatic N) is 2. The lowest BCUT2D eigenvalue weighted by molar-refractivity contribution is 0.590. The molecule has 0 radical (unpaired) electrons. The molecule has 2 aliphatic heterocycles. The van der Waals surface area contributed by atoms with Crippen molar-refractivity contribution < 1.29 is 0 Å². The van der Waals surface area contributed by atoms with Crippen molar-refractivity contribution in [3.63, 3.8) is 0 Å². The Bertz CT molecular complexity index is 4390. The molecule has 2 spiro atoms. The Labute approximate surface area is 468 Å². The molecule has 1 aromatic heterocycles. The summed E-state index contributed by atoms with van der Waals surface area (Å²) in [7, 11) is 0. The third-order valence-corrected chi connectivity index (χ3v) is 20.4. The lowest BCUT2D eigenvalue weighted by Gasteiger charge is -2.44. The van der Waals surface area contributed by atoms with Gasteiger partial charge in [-0.05, 0) is 166 Å². The summed E-state index contributed by atoms with van der Waals surface area (Å²) in [4.78, 5) is 6.77. The Morgan fingerprint density at radius 1 is 0.380 bits per heavy atom. The first-order valence-corrected chi connectivity index (χ1v) is 29.1. The van der Waals surface area contributed by atoms with E-state index < -0.39 is 10.8 Å². The topological polar surface area (TPSA) is 6.48 Å². The first-order valence-electron chi connectivity index (χ1n) is 28.3. The molecule has 0 amide bonds. The smallest absolute Gasteiger partial charge is 0.264 e. The third kappa shape index (κ3) is 5.63. The van der Waals surface area contributed by atoms with E-state index in [1.165, 1.54) is 155 Å². The van der Waals surface area contributed by atoms with Gasteiger partial charge in [-0.2, -0.15) is 0 Å². The zero-order chi connectivity index (χ0) is 53.1. The highest BCUT2D eigenvalue weighted by atomic mass is 32.1. The highest BCUT2D eigenvalue weighted by Crippen LogP contribution is 2.68. The van der Waals surface area contributed by atoms with Gasteiger partial charge in [0.1, 0.15) is 0 Å². The Morgan fingerprint density at radius 2 is 0.772 bits per heavy atom. The van der Waals surface area contributed by atoms with Gasteiger partial charge in [-0.3, -0.25) is 0 Å². The van der Waals surface area contributed by atoms with Crippen LogP contribution in [0, 0.1) is 6.92 Å². The second-order valence-corrected chi connectivity index (χ2v) is 26.2. The van der Waals surface area contributed by atoms with E-state index >= 15 is 0 Å². The van der Waals surface area contributed by atoms with Crippen LogP contribution in [0.1, 0.15) is 102 Å². The first kappa shape index (κ1) is 45.6. The van der Waals surface area contributed by atoms with Gasteiger partial charge in [0.15, 0.2) is 0 Å². The van der Waals surface area contributed by atoms with Crippen LogP contribution in [0.5, 0.6) is 0 Å². The molecule has 3 heterocycles. The van der Waals surface area contributed by atoms with Crippen molar-refractivity contribution in [1.29, 1.82) is 0 Å². The van der Waals surface area contributed by atoms with E-state index in [9.17, 15) is 0 Å². The maximum atomic E-state index is 2.69. The molecule has 376 valence electrons. The molecule has 10 aromatic carbocycles. The highest BCUT2D eigenvalue weighted by molar-refractivity contribution is 7.30. The summed E-state index contributed by atoms with van der Waals surface area (Å²) in [6.45, 7) is 16.2. The average Bonchev–Trinajstić information content (AvgIpc) is 3.60. The van der Waals surface area contributed by atoms with Crippen LogP contribution in [-0.4, -0.2) is 6.71 Å². The van der Waals surface area contributed by atoms with Gasteiger partial charge in [0, 0.05) is 43.7 Å². The summed E-state index contributed by atoms with van der Waals surface area (Å²) in [6.07, 6.45) is 0. The molecule has 0 saturated heterocycles. The summed E-state index contributed by atoms with van der Waals surface area (Å²) in [6, 6.07) is 85.2. The monoisotopic (exact) mass is 1030 g/mol. The third-order valence-electron chi connectivity index (χ3n) is 19.0. The molecule has 0 atom stereocenters. The Balaban J connectivity index is 1.02. The summed E-state index contributed by atoms with van der Waals surface area (Å²) >= 11 is 2.08. The van der Waals surface area contributed by atoms with E-state index in [1.807, 2.05) is 0 Å². The number of aryl methyl sites for hydroxylation is 1. The Morgan fingerprint density at radius 3 is 1.24 bits per heavy atom. The fourth-order valence-electron chi connectivity index (χ4n) is 15.7. The minimum absolute atomic E-state index is 0.00348. The minimum Gasteiger partial charge on any atom is -0.311 e. The van der Waals surface area contributed by atoms with Gasteiger partial charge >= 0.3 is 0 Å². The molecular weight excluding hydrogens is 972 g/mol. The largest absolute Gasteiger partial charge is 0.311 e. The molecular formula is C75H57BN2S. The van der Waals surface area contributed by atoms with E-state index in [0.717, 1.165) is 0 Å². The Kier molecular flexibility index (Phi) is 8.90. The van der Waals surface area contributed by atoms with E-state index in [2.05, 4.69) is 288 Å². The maximum absolute atomic E-state index is 2.69. The van der Waals surface area contributed by atoms with Gasteiger partial charge in [0.25, 0.3) is 6.71 Å². The fraction of sp³-hybridized carbons (Fsp3) is 0.147. The minimum atomic E-state index is -0.495. The molecule has 0 saturated carbocycles. The van der Waals surface area contributed by atoms with E-state index in [-0.39, 0.29) is 17.5 Å². The summed E-state index contributed by atoms with van der Waals surface area (Å²) in [5, 5.41) is 0. The summed E-state index contributed by atoms with van der Waals surface area (Å²) in [5.41, 5.74) is 33.3. The predicted molar refractivity (Wildman–Crippen MR) is 333 cm³/mol. The van der Waals surface area contributed by atoms with Crippen molar-refractivity contribution in [2.24, 2.45) is 0 Å². The molecule has 0 unspecified atom stereocenters. The van der Waals surface area contributed by atoms with E-state index in [4.69, 9.17) is 0 Å². The first-order chi connectivity index (χ1) is 38.4. The van der Waals surface area contributed by atoms with E-state index in [0.29, 0.717) is 0 Å². The lowest BCUT2D eigenvalue weighted by Crippen LogP contribution is -2.60. The van der Waals surface area contributed by atoms with Gasteiger partial charge < -0.3 is 9.80 Å². The molecule has 2 nitrogen and oxygen atoms in total. The van der Waals surface area contributed by atoms with Crippen molar-refractivity contribution in [3.8, 4) is 44.5 Å². The summed E-state index contributed by atoms with van der Waals surface area (Å²) < 4.78 is 1.40. The predicted octanol–water partition coefficient (Wildman–Crippen LogP) is 17.4. The van der Waals surface area contributed by atoms with Crippen LogP contribution in [0.25, 0.3) is 44.5 Å². The zero-order valence-corrected chi connectivity index (χ0v) is 46.5. The summed E-state index contributed by atoms with van der Waals surface area (Å²) in [5.74, 6) is 0. The highest BCUT2D eigenvalue weighted by Gasteiger charge is 2.58. The lowest BCUT2D eigenvalue weighted by atomic mass is 9.36. The Hall–Kier alpha value is -8.44. The molecule has 4 heteroatoms. The number of fused-ring (bicyclic) bond motifs is 25. The molecule has 0 fully saturated rings. The fourth-order valence-corrected chi connectivity index (χ4v) is 17.4. The second-order valence-electron chi connectivity index (χ2n) is 25.2. The maximum Gasteiger partial charge on any atom is 0.264 e. The van der Waals surface area contributed by atoms with Crippen LogP contribution in [0.3, 0.4) is 0 Å². The van der Waals surface area contributed by atoms with Gasteiger partial charge in [0.05, 0.1) is 16.5 Å². The zero-order valence-electron chi connectivity index (χ0n) is 45.7. The van der Waals surface area contributed by atoms with Crippen LogP contribution in [-0.2, 0) is 21.7 Å². The molecule has 0 N–H and O–H groups in total. The average molecular weight is 1030 g/mol. The van der Waals surface area contributed by atoms with Crippen molar-refractivity contribution in [2.45, 2.75) is 70.1 Å². The molecule has 17 rings (SSSR count). The number of hydrogen-bond acceptors (Lipinski definition) is 3. The van der Waals surface area contributed by atoms with Crippen LogP contribution in [0.2, 0.25) is 0 Å². The number of rotatable bonds is 2. The van der Waals surface area contributed by atoms with Crippen LogP contribution >= 0.6 is 11.3 Å². The number of thiophene rings is 1. The second kappa shape index (κ2) is 15.4. The van der Waals surface area contributed by atoms with Crippen molar-refractivity contribution >= 4 is 67.9 Å². The molecule has 4 aliphatic carbocycles. The van der Waals surface area contributed by atoms with Crippen molar-refractivity contribution in [1.82, 2.24) is 0 Å². The van der Waals surface area contributed by atoms with Crippen molar-refractivity contribution in [2.75, 3.05) is 9.80 Å². The van der Waals surface area contributed by atoms with E-state index in [1.54, 1.807) is 0 Å². The number of benzene rings is 10. The normalized spacial score (nSPS) is 15.4. The van der Waals surface area contributed by atoms with Gasteiger partial charge in [-0.1, -0.05) is 217 Å². The molecule has 0 bridgehead atoms. The van der Waals surface area contributed by atoms with Crippen LogP contribution < -0.4 is 25.5 Å². The van der Waals surface area contributed by atoms with Crippen LogP contribution in [0.4, 0.5) is 34.1 Å². The van der Waals surface area contributed by atoms with Gasteiger partial charge in [0.2, 0.25) is 0 Å². The quantitative estimate of drug-likeness (QED) is 0.159. The standard InChI is InChI=1S/C75H57BN2S/c1-44-40-65-68-66(41-44)78(48-38-34-46(35-39-48)73(5,6)7)69-67-54-25-13-19-31-61(54)75(59-29-17-10-22-51(59)52-23-11-18-30-60(52)75)70(67)79-71(69)76(68)63-42-55-53-24-12-16-28-58(53)74(56-26-14-8-20-49(56)50-21-9-15-27-57(50)74)62(55)43-64(63)77(65)47-36-32-45(33-37-47)72(2,3)4/h8-43H,1-7H3. The number of anilines is 6.